The lowest BCUT2D eigenvalue weighted by atomic mass is 10.8. The predicted molar refractivity (Wildman–Crippen MR) is 91.3 cm³/mol. The van der Waals surface area contributed by atoms with E-state index in [-0.39, 0.29) is 0 Å². The molecule has 0 amide bonds. The molecule has 0 fully saturated rings. The van der Waals surface area contributed by atoms with E-state index in [0.29, 0.717) is 5.67 Å². The van der Waals surface area contributed by atoms with Crippen molar-refractivity contribution in [2.24, 2.45) is 0 Å². The first-order valence-corrected chi connectivity index (χ1v) is 17.8. The van der Waals surface area contributed by atoms with Gasteiger partial charge in [-0.05, 0) is 45.3 Å². The number of hydrogen-bond acceptors (Lipinski definition) is 3. The molecule has 0 aliphatic carbocycles. The molecule has 0 aliphatic rings. The fraction of sp³-hybridized carbons (Fsp3) is 0.833. The number of rotatable bonds is 9. The molecule has 0 N–H and O–H groups in total. The van der Waals surface area contributed by atoms with Gasteiger partial charge in [0.1, 0.15) is 0 Å². The molecule has 0 aromatic heterocycles. The Morgan fingerprint density at radius 3 is 1.74 bits per heavy atom. The molecule has 7 heteroatoms. The molecular formula is C12H30O3Si4. The summed E-state index contributed by atoms with van der Waals surface area (Å²) in [7, 11) is -7.45. The van der Waals surface area contributed by atoms with Crippen LogP contribution in [0.15, 0.2) is 12.7 Å². The van der Waals surface area contributed by atoms with Gasteiger partial charge >= 0.3 is 8.56 Å². The van der Waals surface area contributed by atoms with Crippen molar-refractivity contribution in [1.82, 2.24) is 0 Å². The van der Waals surface area contributed by atoms with Crippen molar-refractivity contribution < 1.29 is 12.7 Å². The Balaban J connectivity index is 5.32. The molecule has 0 atom stereocenters. The maximum atomic E-state index is 12.1. The molecule has 0 aromatic rings. The van der Waals surface area contributed by atoms with Crippen molar-refractivity contribution in [2.75, 3.05) is 0 Å². The predicted octanol–water partition coefficient (Wildman–Crippen LogP) is 4.30. The highest BCUT2D eigenvalue weighted by atomic mass is 28.5. The van der Waals surface area contributed by atoms with E-state index in [2.05, 4.69) is 45.9 Å². The minimum atomic E-state index is -2.41. The monoisotopic (exact) mass is 334 g/mol. The summed E-state index contributed by atoms with van der Waals surface area (Å²) in [5.41, 5.74) is 0.648. The molecule has 0 saturated heterocycles. The Morgan fingerprint density at radius 1 is 1.05 bits per heavy atom. The van der Waals surface area contributed by atoms with Crippen LogP contribution in [0, 0.1) is 0 Å². The van der Waals surface area contributed by atoms with Gasteiger partial charge in [-0.1, -0.05) is 13.0 Å². The van der Waals surface area contributed by atoms with Crippen molar-refractivity contribution in [1.29, 1.82) is 0 Å². The summed E-state index contributed by atoms with van der Waals surface area (Å²) in [5.74, 6) is 0. The van der Waals surface area contributed by atoms with Crippen LogP contribution in [0.2, 0.25) is 57.0 Å². The van der Waals surface area contributed by atoms with Gasteiger partial charge in [0.2, 0.25) is 0 Å². The number of allylic oxidation sites excluding steroid dienone is 1. The number of hydrogen-bond donors (Lipinski definition) is 0. The van der Waals surface area contributed by atoms with Crippen LogP contribution in [0.25, 0.3) is 0 Å². The average molecular weight is 335 g/mol. The smallest absolute Gasteiger partial charge is 0.325 e. The highest BCUT2D eigenvalue weighted by molar-refractivity contribution is 6.91. The average Bonchev–Trinajstić information content (AvgIpc) is 2.11. The van der Waals surface area contributed by atoms with Gasteiger partial charge in [-0.25, -0.2) is 0 Å². The SMILES string of the molecule is C=CC[Si](C[Si](=O)CC)(O[Si](C)(C)C)O[Si](C)(C)C. The van der Waals surface area contributed by atoms with E-state index in [1.165, 1.54) is 0 Å². The summed E-state index contributed by atoms with van der Waals surface area (Å²) in [6.45, 7) is 18.9. The first-order valence-electron chi connectivity index (χ1n) is 6.96. The summed E-state index contributed by atoms with van der Waals surface area (Å²) in [6, 6.07) is 1.48. The highest BCUT2D eigenvalue weighted by Crippen LogP contribution is 2.28. The van der Waals surface area contributed by atoms with Gasteiger partial charge in [0, 0.05) is 11.7 Å². The molecule has 19 heavy (non-hydrogen) atoms. The van der Waals surface area contributed by atoms with E-state index in [9.17, 15) is 4.46 Å². The van der Waals surface area contributed by atoms with E-state index in [1.54, 1.807) is 0 Å². The zero-order valence-corrected chi connectivity index (χ0v) is 17.6. The standard InChI is InChI=1S/C12H30O3Si4/c1-9-11-19(12-16(13)10-2,14-17(3,4)5)15-18(6,7)8/h9H,1,10-12H2,2-8H3. The maximum Gasteiger partial charge on any atom is 0.325 e. The van der Waals surface area contributed by atoms with Gasteiger partial charge in [0.15, 0.2) is 16.6 Å². The molecular weight excluding hydrogens is 304 g/mol. The van der Waals surface area contributed by atoms with Gasteiger partial charge in [-0.15, -0.1) is 6.58 Å². The molecule has 0 heterocycles. The normalized spacial score (nSPS) is 13.4. The second-order valence-electron chi connectivity index (χ2n) is 6.90. The van der Waals surface area contributed by atoms with E-state index in [0.717, 1.165) is 12.1 Å². The lowest BCUT2D eigenvalue weighted by Crippen LogP contribution is -2.55. The summed E-state index contributed by atoms with van der Waals surface area (Å²) >= 11 is 0. The molecule has 0 aromatic carbocycles. The third-order valence-electron chi connectivity index (χ3n) is 2.30. The molecule has 0 rings (SSSR count). The quantitative estimate of drug-likeness (QED) is 0.466. The molecule has 0 aliphatic heterocycles. The molecule has 112 valence electrons. The highest BCUT2D eigenvalue weighted by Gasteiger charge is 2.45. The minimum Gasteiger partial charge on any atom is -0.436 e. The largest absolute Gasteiger partial charge is 0.436 e. The first kappa shape index (κ1) is 19.3. The second-order valence-corrected chi connectivity index (χ2v) is 22.4. The summed E-state index contributed by atoms with van der Waals surface area (Å²) < 4.78 is 25.0. The zero-order chi connectivity index (χ0) is 15.3. The summed E-state index contributed by atoms with van der Waals surface area (Å²) in [5, 5.41) is 0. The van der Waals surface area contributed by atoms with Crippen molar-refractivity contribution in [3.63, 3.8) is 0 Å². The Kier molecular flexibility index (Phi) is 7.50. The van der Waals surface area contributed by atoms with Gasteiger partial charge < -0.3 is 12.7 Å². The third-order valence-corrected chi connectivity index (χ3v) is 15.6. The zero-order valence-electron chi connectivity index (χ0n) is 13.6. The second kappa shape index (κ2) is 7.37. The van der Waals surface area contributed by atoms with E-state index >= 15 is 0 Å². The molecule has 0 radical (unpaired) electrons. The van der Waals surface area contributed by atoms with Crippen LogP contribution in [0.4, 0.5) is 0 Å². The Bertz CT molecular complexity index is 302. The van der Waals surface area contributed by atoms with Gasteiger partial charge in [-0.2, -0.15) is 0 Å². The molecule has 0 unspecified atom stereocenters. The molecule has 0 bridgehead atoms. The minimum absolute atomic E-state index is 0.648. The Labute approximate surface area is 123 Å². The molecule has 0 saturated carbocycles. The lowest BCUT2D eigenvalue weighted by molar-refractivity contribution is 0.384. The summed E-state index contributed by atoms with van der Waals surface area (Å²) in [6.07, 6.45) is 1.89. The van der Waals surface area contributed by atoms with Crippen LogP contribution in [0.5, 0.6) is 0 Å². The fourth-order valence-electron chi connectivity index (χ4n) is 2.01. The molecule has 3 nitrogen and oxygen atoms in total. The van der Waals surface area contributed by atoms with Crippen LogP contribution < -0.4 is 0 Å². The van der Waals surface area contributed by atoms with Crippen LogP contribution in [0.3, 0.4) is 0 Å². The van der Waals surface area contributed by atoms with Gasteiger partial charge in [0.05, 0.1) is 0 Å². The van der Waals surface area contributed by atoms with Crippen LogP contribution in [0.1, 0.15) is 6.92 Å². The maximum absolute atomic E-state index is 12.1. The van der Waals surface area contributed by atoms with Gasteiger partial charge in [0.25, 0.3) is 8.68 Å². The van der Waals surface area contributed by atoms with Crippen molar-refractivity contribution in [3.8, 4) is 0 Å². The van der Waals surface area contributed by atoms with Crippen LogP contribution in [-0.4, -0.2) is 33.9 Å². The lowest BCUT2D eigenvalue weighted by Gasteiger charge is -2.40. The first-order chi connectivity index (χ1) is 8.43. The Morgan fingerprint density at radius 2 is 1.47 bits per heavy atom. The van der Waals surface area contributed by atoms with E-state index in [1.807, 2.05) is 13.0 Å². The van der Waals surface area contributed by atoms with Crippen LogP contribution >= 0.6 is 0 Å². The van der Waals surface area contributed by atoms with E-state index < -0.39 is 33.9 Å². The topological polar surface area (TPSA) is 35.5 Å². The van der Waals surface area contributed by atoms with Crippen molar-refractivity contribution in [3.05, 3.63) is 12.7 Å². The van der Waals surface area contributed by atoms with Crippen LogP contribution in [-0.2, 0) is 12.7 Å². The fourth-order valence-corrected chi connectivity index (χ4v) is 18.4. The van der Waals surface area contributed by atoms with Gasteiger partial charge in [-0.3, -0.25) is 0 Å². The van der Waals surface area contributed by atoms with Crippen molar-refractivity contribution in [2.45, 2.75) is 64.0 Å². The summed E-state index contributed by atoms with van der Waals surface area (Å²) in [4.78, 5) is 0. The van der Waals surface area contributed by atoms with E-state index in [4.69, 9.17) is 8.23 Å². The molecule has 0 spiro atoms. The van der Waals surface area contributed by atoms with Crippen molar-refractivity contribution >= 4 is 33.9 Å². The third kappa shape index (κ3) is 8.98. The Hall–Kier alpha value is 0.328.